The van der Waals surface area contributed by atoms with Crippen LogP contribution in [0.2, 0.25) is 0 Å². The highest BCUT2D eigenvalue weighted by Gasteiger charge is 2.06. The van der Waals surface area contributed by atoms with Crippen molar-refractivity contribution in [1.29, 1.82) is 0 Å². The van der Waals surface area contributed by atoms with Gasteiger partial charge in [-0.3, -0.25) is 0 Å². The molecule has 98 valence electrons. The second-order valence-electron chi connectivity index (χ2n) is 4.11. The molecule has 0 spiro atoms. The molecule has 2 aromatic rings. The Kier molecular flexibility index (Phi) is 3.66. The lowest BCUT2D eigenvalue weighted by Gasteiger charge is -2.11. The van der Waals surface area contributed by atoms with Crippen LogP contribution in [0.3, 0.4) is 0 Å². The molecule has 0 aromatic heterocycles. The summed E-state index contributed by atoms with van der Waals surface area (Å²) in [7, 11) is 0. The SMILES string of the molecule is Cc1c(N)cccc1NC(=O)Nc1ccc(F)cc1. The van der Waals surface area contributed by atoms with Crippen LogP contribution >= 0.6 is 0 Å². The van der Waals surface area contributed by atoms with Gasteiger partial charge >= 0.3 is 6.03 Å². The molecular weight excluding hydrogens is 245 g/mol. The molecule has 0 bridgehead atoms. The van der Waals surface area contributed by atoms with E-state index >= 15 is 0 Å². The summed E-state index contributed by atoms with van der Waals surface area (Å²) in [5.41, 5.74) is 8.32. The van der Waals surface area contributed by atoms with Crippen molar-refractivity contribution in [2.75, 3.05) is 16.4 Å². The molecule has 4 nitrogen and oxygen atoms in total. The van der Waals surface area contributed by atoms with Crippen LogP contribution in [0.1, 0.15) is 5.56 Å². The maximum atomic E-state index is 12.7. The van der Waals surface area contributed by atoms with Gasteiger partial charge in [-0.1, -0.05) is 6.07 Å². The van der Waals surface area contributed by atoms with E-state index in [0.717, 1.165) is 5.56 Å². The Balaban J connectivity index is 2.05. The number of amides is 2. The number of nitrogen functional groups attached to an aromatic ring is 1. The normalized spacial score (nSPS) is 10.0. The Morgan fingerprint density at radius 3 is 2.47 bits per heavy atom. The van der Waals surface area contributed by atoms with Crippen molar-refractivity contribution < 1.29 is 9.18 Å². The smallest absolute Gasteiger partial charge is 0.323 e. The number of urea groups is 1. The van der Waals surface area contributed by atoms with Crippen molar-refractivity contribution in [3.05, 3.63) is 53.8 Å². The van der Waals surface area contributed by atoms with Crippen molar-refractivity contribution in [2.45, 2.75) is 6.92 Å². The zero-order valence-corrected chi connectivity index (χ0v) is 10.4. The molecule has 0 aliphatic rings. The van der Waals surface area contributed by atoms with E-state index in [9.17, 15) is 9.18 Å². The molecule has 2 aromatic carbocycles. The van der Waals surface area contributed by atoms with Crippen LogP contribution in [0, 0.1) is 12.7 Å². The monoisotopic (exact) mass is 259 g/mol. The molecule has 0 saturated carbocycles. The molecule has 0 saturated heterocycles. The standard InChI is InChI=1S/C14H14FN3O/c1-9-12(16)3-2-4-13(9)18-14(19)17-11-7-5-10(15)6-8-11/h2-8H,16H2,1H3,(H2,17,18,19). The summed E-state index contributed by atoms with van der Waals surface area (Å²) in [6, 6.07) is 10.4. The quantitative estimate of drug-likeness (QED) is 0.724. The number of benzene rings is 2. The first-order valence-electron chi connectivity index (χ1n) is 5.75. The maximum absolute atomic E-state index is 12.7. The highest BCUT2D eigenvalue weighted by molar-refractivity contribution is 6.00. The Morgan fingerprint density at radius 2 is 1.79 bits per heavy atom. The zero-order valence-electron chi connectivity index (χ0n) is 10.4. The molecule has 0 fully saturated rings. The van der Waals surface area contributed by atoms with Crippen LogP contribution in [0.4, 0.5) is 26.2 Å². The molecular formula is C14H14FN3O. The van der Waals surface area contributed by atoms with Crippen molar-refractivity contribution in [3.63, 3.8) is 0 Å². The second-order valence-corrected chi connectivity index (χ2v) is 4.11. The maximum Gasteiger partial charge on any atom is 0.323 e. The van der Waals surface area contributed by atoms with Crippen LogP contribution in [0.25, 0.3) is 0 Å². The Labute approximate surface area is 110 Å². The zero-order chi connectivity index (χ0) is 13.8. The predicted octanol–water partition coefficient (Wildman–Crippen LogP) is 3.36. The first-order chi connectivity index (χ1) is 9.06. The van der Waals surface area contributed by atoms with Crippen LogP contribution in [0.15, 0.2) is 42.5 Å². The lowest BCUT2D eigenvalue weighted by atomic mass is 10.1. The summed E-state index contributed by atoms with van der Waals surface area (Å²) in [6.07, 6.45) is 0. The minimum atomic E-state index is -0.402. The van der Waals surface area contributed by atoms with E-state index in [0.29, 0.717) is 17.1 Å². The number of halogens is 1. The third-order valence-corrected chi connectivity index (χ3v) is 2.73. The van der Waals surface area contributed by atoms with Gasteiger partial charge < -0.3 is 16.4 Å². The van der Waals surface area contributed by atoms with Crippen LogP contribution in [-0.2, 0) is 0 Å². The van der Waals surface area contributed by atoms with Gasteiger partial charge in [0, 0.05) is 17.1 Å². The van der Waals surface area contributed by atoms with Gasteiger partial charge in [-0.25, -0.2) is 9.18 Å². The molecule has 19 heavy (non-hydrogen) atoms. The van der Waals surface area contributed by atoms with E-state index in [2.05, 4.69) is 10.6 Å². The summed E-state index contributed by atoms with van der Waals surface area (Å²) in [5, 5.41) is 5.30. The lowest BCUT2D eigenvalue weighted by molar-refractivity contribution is 0.262. The number of nitrogens with two attached hydrogens (primary N) is 1. The molecule has 0 aliphatic heterocycles. The number of hydrogen-bond donors (Lipinski definition) is 3. The molecule has 0 atom stereocenters. The van der Waals surface area contributed by atoms with Crippen LogP contribution in [-0.4, -0.2) is 6.03 Å². The molecule has 4 N–H and O–H groups in total. The third kappa shape index (κ3) is 3.22. The van der Waals surface area contributed by atoms with E-state index in [1.807, 2.05) is 6.92 Å². The molecule has 0 heterocycles. The van der Waals surface area contributed by atoms with Crippen LogP contribution in [0.5, 0.6) is 0 Å². The molecule has 2 rings (SSSR count). The number of rotatable bonds is 2. The lowest BCUT2D eigenvalue weighted by Crippen LogP contribution is -2.20. The van der Waals surface area contributed by atoms with Crippen molar-refractivity contribution in [3.8, 4) is 0 Å². The molecule has 5 heteroatoms. The van der Waals surface area contributed by atoms with E-state index in [-0.39, 0.29) is 5.82 Å². The average Bonchev–Trinajstić information content (AvgIpc) is 2.38. The molecule has 0 unspecified atom stereocenters. The topological polar surface area (TPSA) is 67.1 Å². The fourth-order valence-corrected chi connectivity index (χ4v) is 1.61. The average molecular weight is 259 g/mol. The van der Waals surface area contributed by atoms with E-state index < -0.39 is 6.03 Å². The van der Waals surface area contributed by atoms with Gasteiger partial charge in [0.25, 0.3) is 0 Å². The van der Waals surface area contributed by atoms with E-state index in [4.69, 9.17) is 5.73 Å². The number of hydrogen-bond acceptors (Lipinski definition) is 2. The minimum absolute atomic E-state index is 0.349. The summed E-state index contributed by atoms with van der Waals surface area (Å²) >= 11 is 0. The highest BCUT2D eigenvalue weighted by atomic mass is 19.1. The minimum Gasteiger partial charge on any atom is -0.398 e. The summed E-state index contributed by atoms with van der Waals surface area (Å²) < 4.78 is 12.7. The number of carbonyl (C=O) groups is 1. The first kappa shape index (κ1) is 12.9. The fourth-order valence-electron chi connectivity index (χ4n) is 1.61. The Hall–Kier alpha value is -2.56. The van der Waals surface area contributed by atoms with Gasteiger partial charge in [-0.05, 0) is 48.9 Å². The van der Waals surface area contributed by atoms with Gasteiger partial charge in [0.1, 0.15) is 5.82 Å². The highest BCUT2D eigenvalue weighted by Crippen LogP contribution is 2.20. The number of carbonyl (C=O) groups excluding carboxylic acids is 1. The van der Waals surface area contributed by atoms with Crippen molar-refractivity contribution in [2.24, 2.45) is 0 Å². The van der Waals surface area contributed by atoms with Crippen molar-refractivity contribution >= 4 is 23.1 Å². The van der Waals surface area contributed by atoms with Gasteiger partial charge in [0.2, 0.25) is 0 Å². The largest absolute Gasteiger partial charge is 0.398 e. The van der Waals surface area contributed by atoms with Gasteiger partial charge in [0.15, 0.2) is 0 Å². The first-order valence-corrected chi connectivity index (χ1v) is 5.75. The van der Waals surface area contributed by atoms with Gasteiger partial charge in [0.05, 0.1) is 0 Å². The Morgan fingerprint density at radius 1 is 1.11 bits per heavy atom. The number of nitrogens with one attached hydrogen (secondary N) is 2. The van der Waals surface area contributed by atoms with Crippen LogP contribution < -0.4 is 16.4 Å². The summed E-state index contributed by atoms with van der Waals surface area (Å²) in [4.78, 5) is 11.8. The fraction of sp³-hybridized carbons (Fsp3) is 0.0714. The van der Waals surface area contributed by atoms with E-state index in [1.54, 1.807) is 18.2 Å². The predicted molar refractivity (Wildman–Crippen MR) is 74.6 cm³/mol. The van der Waals surface area contributed by atoms with Crippen molar-refractivity contribution in [1.82, 2.24) is 0 Å². The van der Waals surface area contributed by atoms with Gasteiger partial charge in [-0.15, -0.1) is 0 Å². The number of anilines is 3. The molecule has 2 amide bonds. The summed E-state index contributed by atoms with van der Waals surface area (Å²) in [5.74, 6) is -0.349. The van der Waals surface area contributed by atoms with E-state index in [1.165, 1.54) is 24.3 Å². The molecule has 0 radical (unpaired) electrons. The van der Waals surface area contributed by atoms with Gasteiger partial charge in [-0.2, -0.15) is 0 Å². The molecule has 0 aliphatic carbocycles. The Bertz CT molecular complexity index is 596. The second kappa shape index (κ2) is 5.39. The summed E-state index contributed by atoms with van der Waals surface area (Å²) in [6.45, 7) is 1.82. The third-order valence-electron chi connectivity index (χ3n) is 2.73.